The van der Waals surface area contributed by atoms with Crippen molar-refractivity contribution in [1.29, 1.82) is 0 Å². The van der Waals surface area contributed by atoms with Crippen molar-refractivity contribution in [2.24, 2.45) is 17.8 Å². The number of hydrogen-bond donors (Lipinski definition) is 3. The van der Waals surface area contributed by atoms with Gasteiger partial charge in [-0.1, -0.05) is 27.6 Å². The number of aromatic carboxylic acids is 1. The number of aromatic hydroxyl groups is 2. The van der Waals surface area contributed by atoms with Crippen LogP contribution in [0.25, 0.3) is 0 Å². The molecule has 2 aromatic carbocycles. The SMILES string of the molecule is COc1cc(Br)cc(C2C3=CCC4C(=O)N(c5ccc(C(=O)O)c(O)c5)C(=O)C4C3CC3(Cl)C(=O)N(C)C(=O)C23Cl)c1O. The van der Waals surface area contributed by atoms with E-state index < -0.39 is 74.3 Å². The van der Waals surface area contributed by atoms with Crippen molar-refractivity contribution in [3.05, 3.63) is 57.6 Å². The number of allylic oxidation sites excluding steroid dienone is 2. The van der Waals surface area contributed by atoms with Crippen molar-refractivity contribution in [2.75, 3.05) is 19.1 Å². The van der Waals surface area contributed by atoms with Crippen LogP contribution in [0.1, 0.15) is 34.7 Å². The number of likely N-dealkylation sites (tertiary alicyclic amines) is 1. The van der Waals surface area contributed by atoms with E-state index in [9.17, 15) is 39.3 Å². The summed E-state index contributed by atoms with van der Waals surface area (Å²) < 4.78 is 5.80. The predicted molar refractivity (Wildman–Crippen MR) is 155 cm³/mol. The van der Waals surface area contributed by atoms with Crippen molar-refractivity contribution in [3.8, 4) is 17.2 Å². The molecule has 0 radical (unpaired) electrons. The molecule has 0 bridgehead atoms. The van der Waals surface area contributed by atoms with Crippen LogP contribution in [0.3, 0.4) is 0 Å². The maximum absolute atomic E-state index is 14.1. The minimum Gasteiger partial charge on any atom is -0.507 e. The molecule has 3 fully saturated rings. The third-order valence-corrected chi connectivity index (χ3v) is 11.0. The van der Waals surface area contributed by atoms with Gasteiger partial charge in [0.25, 0.3) is 11.8 Å². The summed E-state index contributed by atoms with van der Waals surface area (Å²) in [6.45, 7) is 0. The van der Waals surface area contributed by atoms with Crippen molar-refractivity contribution in [1.82, 2.24) is 4.90 Å². The number of anilines is 1. The summed E-state index contributed by atoms with van der Waals surface area (Å²) in [6, 6.07) is 6.42. The van der Waals surface area contributed by atoms with Gasteiger partial charge in [-0.2, -0.15) is 0 Å². The highest BCUT2D eigenvalue weighted by Crippen LogP contribution is 2.66. The Bertz CT molecular complexity index is 1710. The van der Waals surface area contributed by atoms with Crippen molar-refractivity contribution in [2.45, 2.75) is 28.5 Å². The van der Waals surface area contributed by atoms with E-state index in [1.54, 1.807) is 6.08 Å². The second-order valence-corrected chi connectivity index (χ2v) is 13.2. The number of alkyl halides is 2. The van der Waals surface area contributed by atoms with Gasteiger partial charge in [0.15, 0.2) is 21.2 Å². The number of fused-ring (bicyclic) bond motifs is 4. The Hall–Kier alpha value is -3.61. The number of amides is 4. The maximum Gasteiger partial charge on any atom is 0.339 e. The van der Waals surface area contributed by atoms with Gasteiger partial charge in [-0.05, 0) is 43.0 Å². The largest absolute Gasteiger partial charge is 0.507 e. The molecule has 6 atom stereocenters. The first kappa shape index (κ1) is 29.5. The average molecular weight is 694 g/mol. The molecule has 2 heterocycles. The number of carboxylic acids is 1. The van der Waals surface area contributed by atoms with Gasteiger partial charge in [-0.15, -0.1) is 23.2 Å². The summed E-state index contributed by atoms with van der Waals surface area (Å²) in [5.41, 5.74) is 0.181. The molecule has 2 aliphatic heterocycles. The number of ether oxygens (including phenoxy) is 1. The summed E-state index contributed by atoms with van der Waals surface area (Å²) in [5, 5.41) is 30.8. The number of carboxylic acid groups (broad SMARTS) is 1. The first-order valence-electron chi connectivity index (χ1n) is 13.1. The number of halogens is 3. The fraction of sp³-hybridized carbons (Fsp3) is 0.345. The Morgan fingerprint density at radius 2 is 1.74 bits per heavy atom. The van der Waals surface area contributed by atoms with Crippen LogP contribution in [0.15, 0.2) is 46.5 Å². The van der Waals surface area contributed by atoms with Crippen LogP contribution in [-0.2, 0) is 19.2 Å². The normalized spacial score (nSPS) is 31.5. The highest BCUT2D eigenvalue weighted by Gasteiger charge is 2.76. The summed E-state index contributed by atoms with van der Waals surface area (Å²) in [6.07, 6.45) is 1.53. The summed E-state index contributed by atoms with van der Waals surface area (Å²) in [4.78, 5) is 64.0. The molecule has 0 spiro atoms. The number of phenols is 2. The lowest BCUT2D eigenvalue weighted by molar-refractivity contribution is -0.138. The molecule has 0 aromatic heterocycles. The molecule has 2 aliphatic carbocycles. The molecular weight excluding hydrogens is 671 g/mol. The molecule has 2 aromatic rings. The van der Waals surface area contributed by atoms with Gasteiger partial charge >= 0.3 is 5.97 Å². The van der Waals surface area contributed by atoms with E-state index in [1.165, 1.54) is 32.4 Å². The molecule has 11 nitrogen and oxygen atoms in total. The molecule has 43 heavy (non-hydrogen) atoms. The number of carbonyl (C=O) groups is 5. The van der Waals surface area contributed by atoms with E-state index in [1.807, 2.05) is 0 Å². The van der Waals surface area contributed by atoms with E-state index in [0.717, 1.165) is 21.9 Å². The number of methoxy groups -OCH3 is 1. The zero-order chi connectivity index (χ0) is 31.3. The standard InChI is InChI=1S/C29H23BrCl2N2O9/c1-33-26(41)28(31)10-17-13(21(29(28,32)27(33)42)16-7-11(30)8-19(43-2)22(16)36)5-6-15-20(17)24(38)34(23(15)37)12-3-4-14(25(39)40)18(35)9-12/h3-5,7-9,15,17,20-21,35-36H,6,10H2,1-2H3,(H,39,40). The van der Waals surface area contributed by atoms with Gasteiger partial charge in [-0.3, -0.25) is 24.1 Å². The van der Waals surface area contributed by atoms with E-state index in [2.05, 4.69) is 15.9 Å². The third kappa shape index (κ3) is 3.75. The zero-order valence-electron chi connectivity index (χ0n) is 22.5. The Labute approximate surface area is 262 Å². The quantitative estimate of drug-likeness (QED) is 0.246. The smallest absolute Gasteiger partial charge is 0.339 e. The molecule has 6 rings (SSSR count). The molecule has 3 N–H and O–H groups in total. The van der Waals surface area contributed by atoms with Gasteiger partial charge in [0.05, 0.1) is 24.6 Å². The Morgan fingerprint density at radius 1 is 1.05 bits per heavy atom. The highest BCUT2D eigenvalue weighted by molar-refractivity contribution is 9.10. The van der Waals surface area contributed by atoms with Crippen molar-refractivity contribution in [3.63, 3.8) is 0 Å². The average Bonchev–Trinajstić information content (AvgIpc) is 3.28. The van der Waals surface area contributed by atoms with Gasteiger partial charge in [0, 0.05) is 29.1 Å². The Morgan fingerprint density at radius 3 is 2.37 bits per heavy atom. The minimum absolute atomic E-state index is 0.0192. The molecule has 2 saturated heterocycles. The zero-order valence-corrected chi connectivity index (χ0v) is 25.6. The van der Waals surface area contributed by atoms with Gasteiger partial charge in [0.2, 0.25) is 11.8 Å². The lowest BCUT2D eigenvalue weighted by Gasteiger charge is -2.50. The molecular formula is C29H23BrCl2N2O9. The Balaban J connectivity index is 1.52. The van der Waals surface area contributed by atoms with Crippen LogP contribution in [0.2, 0.25) is 0 Å². The number of imide groups is 2. The van der Waals surface area contributed by atoms with Crippen molar-refractivity contribution >= 4 is 74.4 Å². The maximum atomic E-state index is 14.1. The fourth-order valence-electron chi connectivity index (χ4n) is 7.15. The number of rotatable bonds is 4. The molecule has 14 heteroatoms. The molecule has 224 valence electrons. The van der Waals surface area contributed by atoms with Crippen LogP contribution >= 0.6 is 39.1 Å². The monoisotopic (exact) mass is 692 g/mol. The molecule has 6 unspecified atom stereocenters. The van der Waals surface area contributed by atoms with Crippen LogP contribution in [0.5, 0.6) is 17.2 Å². The minimum atomic E-state index is -2.09. The van der Waals surface area contributed by atoms with E-state index in [0.29, 0.717) is 10.0 Å². The molecule has 4 amide bonds. The fourth-order valence-corrected chi connectivity index (χ4v) is 8.62. The van der Waals surface area contributed by atoms with Crippen LogP contribution in [-0.4, -0.2) is 73.7 Å². The number of hydrogen-bond acceptors (Lipinski definition) is 8. The highest BCUT2D eigenvalue weighted by atomic mass is 79.9. The summed E-state index contributed by atoms with van der Waals surface area (Å²) in [7, 11) is 2.60. The van der Waals surface area contributed by atoms with Gasteiger partial charge in [0.1, 0.15) is 11.3 Å². The van der Waals surface area contributed by atoms with Crippen molar-refractivity contribution < 1.29 is 44.0 Å². The van der Waals surface area contributed by atoms with Gasteiger partial charge < -0.3 is 20.1 Å². The second-order valence-electron chi connectivity index (χ2n) is 11.1. The van der Waals surface area contributed by atoms with Crippen LogP contribution in [0.4, 0.5) is 5.69 Å². The third-order valence-electron chi connectivity index (χ3n) is 9.08. The number of carbonyl (C=O) groups excluding carboxylic acids is 4. The predicted octanol–water partition coefficient (Wildman–Crippen LogP) is 3.76. The Kier molecular flexibility index (Phi) is 6.64. The van der Waals surface area contributed by atoms with E-state index in [4.69, 9.17) is 27.9 Å². The number of phenolic OH excluding ortho intramolecular Hbond substituents is 1. The van der Waals surface area contributed by atoms with Crippen LogP contribution < -0.4 is 9.64 Å². The lowest BCUT2D eigenvalue weighted by atomic mass is 9.56. The number of benzene rings is 2. The number of nitrogens with zero attached hydrogens (tertiary/aromatic N) is 2. The first-order chi connectivity index (χ1) is 20.2. The van der Waals surface area contributed by atoms with E-state index in [-0.39, 0.29) is 35.6 Å². The summed E-state index contributed by atoms with van der Waals surface area (Å²) >= 11 is 17.7. The summed E-state index contributed by atoms with van der Waals surface area (Å²) in [5.74, 6) is -9.00. The van der Waals surface area contributed by atoms with Crippen LogP contribution in [0, 0.1) is 17.8 Å². The first-order valence-corrected chi connectivity index (χ1v) is 14.6. The second kappa shape index (κ2) is 9.70. The molecule has 1 saturated carbocycles. The van der Waals surface area contributed by atoms with E-state index >= 15 is 0 Å². The topological polar surface area (TPSA) is 162 Å². The lowest BCUT2D eigenvalue weighted by Crippen LogP contribution is -2.60. The molecule has 4 aliphatic rings. The van der Waals surface area contributed by atoms with Gasteiger partial charge in [-0.25, -0.2) is 9.69 Å².